The Labute approximate surface area is 158 Å². The molecule has 0 unspecified atom stereocenters. The predicted octanol–water partition coefficient (Wildman–Crippen LogP) is 4.46. The van der Waals surface area contributed by atoms with Crippen molar-refractivity contribution in [1.29, 1.82) is 0 Å². The number of hydrogen-bond donors (Lipinski definition) is 2. The lowest BCUT2D eigenvalue weighted by Crippen LogP contribution is -2.30. The predicted molar refractivity (Wildman–Crippen MR) is 97.1 cm³/mol. The number of rotatable bonds is 4. The molecule has 0 heterocycles. The van der Waals surface area contributed by atoms with Gasteiger partial charge < -0.3 is 0 Å². The first-order valence-electron chi connectivity index (χ1n) is 6.30. The molecule has 2 aromatic carbocycles. The van der Waals surface area contributed by atoms with Crippen molar-refractivity contribution in [3.8, 4) is 0 Å². The summed E-state index contributed by atoms with van der Waals surface area (Å²) >= 11 is 23.7. The lowest BCUT2D eigenvalue weighted by molar-refractivity contribution is 0.0962. The van der Waals surface area contributed by atoms with Crippen LogP contribution >= 0.6 is 46.4 Å². The topological polar surface area (TPSA) is 75.3 Å². The van der Waals surface area contributed by atoms with Crippen molar-refractivity contribution in [2.24, 2.45) is 0 Å². The molecule has 0 radical (unpaired) electrons. The number of anilines is 1. The Morgan fingerprint density at radius 2 is 1.54 bits per heavy atom. The van der Waals surface area contributed by atoms with Gasteiger partial charge in [-0.25, -0.2) is 8.42 Å². The minimum atomic E-state index is -3.48. The lowest BCUT2D eigenvalue weighted by Gasteiger charge is -2.13. The molecule has 0 aliphatic rings. The molecular weight excluding hydrogens is 418 g/mol. The summed E-state index contributed by atoms with van der Waals surface area (Å²) < 4.78 is 23.2. The molecule has 10 heteroatoms. The molecule has 0 bridgehead atoms. The SMILES string of the molecule is CS(=O)(=O)c1ccc(Cl)c(C(=O)NNc2c(Cl)cc(Cl)cc2Cl)c1. The number of sulfone groups is 1. The Morgan fingerprint density at radius 3 is 2.08 bits per heavy atom. The Balaban J connectivity index is 2.25. The number of halogens is 4. The van der Waals surface area contributed by atoms with Gasteiger partial charge in [-0.1, -0.05) is 46.4 Å². The Kier molecular flexibility index (Phi) is 5.88. The van der Waals surface area contributed by atoms with E-state index < -0.39 is 15.7 Å². The van der Waals surface area contributed by atoms with Gasteiger partial charge in [0.1, 0.15) is 0 Å². The third kappa shape index (κ3) is 4.46. The summed E-state index contributed by atoms with van der Waals surface area (Å²) in [5, 5.41) is 0.827. The zero-order chi connectivity index (χ0) is 18.1. The van der Waals surface area contributed by atoms with Gasteiger partial charge in [0.05, 0.1) is 31.2 Å². The number of hydrogen-bond acceptors (Lipinski definition) is 4. The third-order valence-corrected chi connectivity index (χ3v) is 5.17. The molecule has 2 rings (SSSR count). The number of carbonyl (C=O) groups excluding carboxylic acids is 1. The maximum atomic E-state index is 12.2. The van der Waals surface area contributed by atoms with Gasteiger partial charge in [-0.05, 0) is 30.3 Å². The fraction of sp³-hybridized carbons (Fsp3) is 0.0714. The van der Waals surface area contributed by atoms with Crippen molar-refractivity contribution < 1.29 is 13.2 Å². The molecule has 24 heavy (non-hydrogen) atoms. The summed E-state index contributed by atoms with van der Waals surface area (Å²) in [7, 11) is -3.48. The van der Waals surface area contributed by atoms with Crippen LogP contribution in [0.15, 0.2) is 35.2 Å². The maximum Gasteiger partial charge on any atom is 0.271 e. The molecule has 0 atom stereocenters. The Bertz CT molecular complexity index is 893. The van der Waals surface area contributed by atoms with Crippen LogP contribution in [0, 0.1) is 0 Å². The minimum Gasteiger partial charge on any atom is -0.295 e. The molecular formula is C14H10Cl4N2O3S. The van der Waals surface area contributed by atoms with Crippen LogP contribution in [0.1, 0.15) is 10.4 Å². The van der Waals surface area contributed by atoms with Crippen LogP contribution in [0.2, 0.25) is 20.1 Å². The van der Waals surface area contributed by atoms with Crippen molar-refractivity contribution in [3.05, 3.63) is 56.0 Å². The Hall–Kier alpha value is -1.18. The average Bonchev–Trinajstić information content (AvgIpc) is 2.45. The van der Waals surface area contributed by atoms with Crippen molar-refractivity contribution in [2.75, 3.05) is 11.7 Å². The zero-order valence-electron chi connectivity index (χ0n) is 12.0. The van der Waals surface area contributed by atoms with Gasteiger partial charge in [0.25, 0.3) is 5.91 Å². The molecule has 0 spiro atoms. The first-order chi connectivity index (χ1) is 11.1. The first kappa shape index (κ1) is 19.1. The van der Waals surface area contributed by atoms with E-state index in [0.29, 0.717) is 5.02 Å². The van der Waals surface area contributed by atoms with Gasteiger partial charge in [-0.15, -0.1) is 0 Å². The van der Waals surface area contributed by atoms with Gasteiger partial charge in [0, 0.05) is 11.3 Å². The monoisotopic (exact) mass is 426 g/mol. The smallest absolute Gasteiger partial charge is 0.271 e. The van der Waals surface area contributed by atoms with Gasteiger partial charge in [0.2, 0.25) is 0 Å². The third-order valence-electron chi connectivity index (χ3n) is 2.92. The quantitative estimate of drug-likeness (QED) is 0.706. The molecule has 0 fully saturated rings. The summed E-state index contributed by atoms with van der Waals surface area (Å²) in [4.78, 5) is 12.2. The average molecular weight is 428 g/mol. The van der Waals surface area contributed by atoms with Gasteiger partial charge >= 0.3 is 0 Å². The largest absolute Gasteiger partial charge is 0.295 e. The second-order valence-corrected chi connectivity index (χ2v) is 8.41. The summed E-state index contributed by atoms with van der Waals surface area (Å²) in [6, 6.07) is 6.71. The normalized spacial score (nSPS) is 11.2. The lowest BCUT2D eigenvalue weighted by atomic mass is 10.2. The van der Waals surface area contributed by atoms with E-state index in [2.05, 4.69) is 10.9 Å². The van der Waals surface area contributed by atoms with Crippen molar-refractivity contribution in [1.82, 2.24) is 5.43 Å². The summed E-state index contributed by atoms with van der Waals surface area (Å²) in [5.74, 6) is -0.660. The van der Waals surface area contributed by atoms with Crippen LogP contribution in [-0.4, -0.2) is 20.6 Å². The maximum absolute atomic E-state index is 12.2. The van der Waals surface area contributed by atoms with E-state index in [1.54, 1.807) is 0 Å². The molecule has 0 aromatic heterocycles. The fourth-order valence-electron chi connectivity index (χ4n) is 1.76. The van der Waals surface area contributed by atoms with Crippen LogP contribution in [0.5, 0.6) is 0 Å². The molecule has 2 N–H and O–H groups in total. The highest BCUT2D eigenvalue weighted by atomic mass is 35.5. The molecule has 0 aliphatic carbocycles. The van der Waals surface area contributed by atoms with Crippen molar-refractivity contribution >= 4 is 67.8 Å². The van der Waals surface area contributed by atoms with Crippen molar-refractivity contribution in [2.45, 2.75) is 4.90 Å². The second-order valence-electron chi connectivity index (χ2n) is 4.74. The summed E-state index contributed by atoms with van der Waals surface area (Å²) in [6.07, 6.45) is 1.03. The van der Waals surface area contributed by atoms with E-state index in [1.807, 2.05) is 0 Å². The van der Waals surface area contributed by atoms with Crippen molar-refractivity contribution in [3.63, 3.8) is 0 Å². The highest BCUT2D eigenvalue weighted by Crippen LogP contribution is 2.33. The van der Waals surface area contributed by atoms with Crippen LogP contribution < -0.4 is 10.9 Å². The van der Waals surface area contributed by atoms with E-state index in [1.165, 1.54) is 30.3 Å². The molecule has 1 amide bonds. The Morgan fingerprint density at radius 1 is 0.958 bits per heavy atom. The minimum absolute atomic E-state index is 0.0201. The van der Waals surface area contributed by atoms with E-state index in [4.69, 9.17) is 46.4 Å². The van der Waals surface area contributed by atoms with Crippen LogP contribution in [0.3, 0.4) is 0 Å². The molecule has 2 aromatic rings. The molecule has 0 saturated carbocycles. The van der Waals surface area contributed by atoms with Gasteiger partial charge in [0.15, 0.2) is 9.84 Å². The number of carbonyl (C=O) groups is 1. The van der Waals surface area contributed by atoms with E-state index in [9.17, 15) is 13.2 Å². The van der Waals surface area contributed by atoms with Crippen LogP contribution in [0.25, 0.3) is 0 Å². The second kappa shape index (κ2) is 7.37. The van der Waals surface area contributed by atoms with Gasteiger partial charge in [-0.2, -0.15) is 0 Å². The van der Waals surface area contributed by atoms with Gasteiger partial charge in [-0.3, -0.25) is 15.6 Å². The highest BCUT2D eigenvalue weighted by molar-refractivity contribution is 7.90. The standard InChI is InChI=1S/C14H10Cl4N2O3S/c1-24(22,23)8-2-3-10(16)9(6-8)14(21)20-19-13-11(17)4-7(15)5-12(13)18/h2-6,19H,1H3,(H,20,21). The van der Waals surface area contributed by atoms with E-state index in [0.717, 1.165) is 6.26 Å². The highest BCUT2D eigenvalue weighted by Gasteiger charge is 2.16. The summed E-state index contributed by atoms with van der Waals surface area (Å²) in [5.41, 5.74) is 5.14. The zero-order valence-corrected chi connectivity index (χ0v) is 15.9. The number of nitrogens with one attached hydrogen (secondary N) is 2. The van der Waals surface area contributed by atoms with E-state index >= 15 is 0 Å². The molecule has 128 valence electrons. The summed E-state index contributed by atoms with van der Waals surface area (Å²) in [6.45, 7) is 0. The fourth-order valence-corrected chi connectivity index (χ4v) is 3.52. The number of amides is 1. The molecule has 5 nitrogen and oxygen atoms in total. The van der Waals surface area contributed by atoms with Crippen LogP contribution in [-0.2, 0) is 9.84 Å². The molecule has 0 aliphatic heterocycles. The van der Waals surface area contributed by atoms with Crippen LogP contribution in [0.4, 0.5) is 5.69 Å². The number of hydrazine groups is 1. The van der Waals surface area contributed by atoms with E-state index in [-0.39, 0.29) is 31.2 Å². The molecule has 0 saturated heterocycles. The first-order valence-corrected chi connectivity index (χ1v) is 9.70. The number of benzene rings is 2.